The number of nitrogens with zero attached hydrogens (tertiary/aromatic N) is 2. The summed E-state index contributed by atoms with van der Waals surface area (Å²) in [5, 5.41) is 9.14. The van der Waals surface area contributed by atoms with E-state index in [-0.39, 0.29) is 24.0 Å². The second-order valence-corrected chi connectivity index (χ2v) is 7.80. The third-order valence-electron chi connectivity index (χ3n) is 4.67. The summed E-state index contributed by atoms with van der Waals surface area (Å²) < 4.78 is 0. The van der Waals surface area contributed by atoms with E-state index in [1.807, 2.05) is 18.4 Å². The van der Waals surface area contributed by atoms with Crippen LogP contribution in [-0.4, -0.2) is 44.1 Å². The van der Waals surface area contributed by atoms with Crippen LogP contribution < -0.4 is 10.6 Å². The molecule has 25 heavy (non-hydrogen) atoms. The highest BCUT2D eigenvalue weighted by atomic mass is 127. The van der Waals surface area contributed by atoms with Crippen molar-refractivity contribution in [2.45, 2.75) is 52.0 Å². The van der Waals surface area contributed by atoms with Crippen LogP contribution >= 0.6 is 35.3 Å². The maximum absolute atomic E-state index is 4.35. The number of thiophene rings is 1. The molecule has 6 heteroatoms. The Hall–Kier alpha value is -0.340. The third kappa shape index (κ3) is 9.24. The molecule has 1 aliphatic heterocycles. The Bertz CT molecular complexity index is 464. The van der Waals surface area contributed by atoms with E-state index < -0.39 is 0 Å². The molecular formula is C19H35IN4S. The zero-order valence-corrected chi connectivity index (χ0v) is 18.9. The van der Waals surface area contributed by atoms with Gasteiger partial charge in [0.2, 0.25) is 0 Å². The summed E-state index contributed by atoms with van der Waals surface area (Å²) in [4.78, 5) is 8.43. The Labute approximate surface area is 174 Å². The van der Waals surface area contributed by atoms with Crippen LogP contribution in [0.3, 0.4) is 0 Å². The summed E-state index contributed by atoms with van der Waals surface area (Å²) in [5.74, 6) is 1.68. The lowest BCUT2D eigenvalue weighted by atomic mass is 9.98. The van der Waals surface area contributed by atoms with Gasteiger partial charge in [0, 0.05) is 38.1 Å². The molecule has 0 amide bonds. The second-order valence-electron chi connectivity index (χ2n) is 6.76. The number of rotatable bonds is 9. The molecule has 2 N–H and O–H groups in total. The smallest absolute Gasteiger partial charge is 0.190 e. The van der Waals surface area contributed by atoms with Crippen LogP contribution in [0.5, 0.6) is 0 Å². The molecular weight excluding hydrogens is 443 g/mol. The van der Waals surface area contributed by atoms with E-state index in [1.165, 1.54) is 56.5 Å². The first-order valence-electron chi connectivity index (χ1n) is 9.51. The minimum Gasteiger partial charge on any atom is -0.356 e. The predicted octanol–water partition coefficient (Wildman–Crippen LogP) is 4.32. The van der Waals surface area contributed by atoms with E-state index >= 15 is 0 Å². The lowest BCUT2D eigenvalue weighted by Gasteiger charge is -2.32. The van der Waals surface area contributed by atoms with Gasteiger partial charge in [-0.15, -0.1) is 35.3 Å². The Kier molecular flexibility index (Phi) is 12.5. The molecule has 1 aliphatic rings. The molecule has 2 heterocycles. The van der Waals surface area contributed by atoms with Gasteiger partial charge in [0.25, 0.3) is 0 Å². The molecule has 2 rings (SSSR count). The van der Waals surface area contributed by atoms with Gasteiger partial charge < -0.3 is 10.6 Å². The predicted molar refractivity (Wildman–Crippen MR) is 121 cm³/mol. The van der Waals surface area contributed by atoms with Crippen LogP contribution in [-0.2, 0) is 6.54 Å². The average Bonchev–Trinajstić information content (AvgIpc) is 3.11. The van der Waals surface area contributed by atoms with E-state index in [0.29, 0.717) is 0 Å². The van der Waals surface area contributed by atoms with Crippen LogP contribution in [0, 0.1) is 5.92 Å². The summed E-state index contributed by atoms with van der Waals surface area (Å²) >= 11 is 1.87. The van der Waals surface area contributed by atoms with E-state index in [1.54, 1.807) is 0 Å². The van der Waals surface area contributed by atoms with Crippen molar-refractivity contribution in [3.63, 3.8) is 0 Å². The first-order valence-corrected chi connectivity index (χ1v) is 10.4. The van der Waals surface area contributed by atoms with Crippen LogP contribution in [0.4, 0.5) is 0 Å². The highest BCUT2D eigenvalue weighted by Gasteiger charge is 2.20. The summed E-state index contributed by atoms with van der Waals surface area (Å²) in [6.45, 7) is 7.83. The summed E-state index contributed by atoms with van der Waals surface area (Å²) in [6, 6.07) is 4.40. The second kappa shape index (κ2) is 13.8. The Morgan fingerprint density at radius 2 is 2.20 bits per heavy atom. The van der Waals surface area contributed by atoms with E-state index in [4.69, 9.17) is 0 Å². The summed E-state index contributed by atoms with van der Waals surface area (Å²) in [6.07, 6.45) is 7.78. The number of hydrogen-bond acceptors (Lipinski definition) is 3. The van der Waals surface area contributed by atoms with Gasteiger partial charge >= 0.3 is 0 Å². The van der Waals surface area contributed by atoms with Gasteiger partial charge in [0.05, 0.1) is 0 Å². The van der Waals surface area contributed by atoms with Crippen molar-refractivity contribution >= 4 is 41.3 Å². The minimum absolute atomic E-state index is 0. The van der Waals surface area contributed by atoms with E-state index in [9.17, 15) is 0 Å². The fourth-order valence-electron chi connectivity index (χ4n) is 3.30. The first kappa shape index (κ1) is 22.7. The minimum atomic E-state index is 0. The molecule has 1 aromatic rings. The van der Waals surface area contributed by atoms with Crippen LogP contribution in [0.1, 0.15) is 50.3 Å². The van der Waals surface area contributed by atoms with E-state index in [2.05, 4.69) is 45.0 Å². The lowest BCUT2D eigenvalue weighted by Crippen LogP contribution is -2.44. The molecule has 0 aliphatic carbocycles. The molecule has 0 saturated carbocycles. The number of halogens is 1. The molecule has 1 unspecified atom stereocenters. The first-order chi connectivity index (χ1) is 11.8. The maximum Gasteiger partial charge on any atom is 0.190 e. The molecule has 0 spiro atoms. The van der Waals surface area contributed by atoms with E-state index in [0.717, 1.165) is 31.5 Å². The molecule has 0 aromatic carbocycles. The van der Waals surface area contributed by atoms with Crippen molar-refractivity contribution in [3.8, 4) is 0 Å². The van der Waals surface area contributed by atoms with Crippen molar-refractivity contribution in [1.82, 2.24) is 15.5 Å². The largest absolute Gasteiger partial charge is 0.356 e. The topological polar surface area (TPSA) is 39.7 Å². The summed E-state index contributed by atoms with van der Waals surface area (Å²) in [5.41, 5.74) is 0. The van der Waals surface area contributed by atoms with Gasteiger partial charge in [0.15, 0.2) is 5.96 Å². The number of guanidine groups is 1. The van der Waals surface area contributed by atoms with Gasteiger partial charge in [-0.2, -0.15) is 0 Å². The normalized spacial score (nSPS) is 18.6. The lowest BCUT2D eigenvalue weighted by molar-refractivity contribution is 0.169. The molecule has 0 bridgehead atoms. The number of nitrogens with one attached hydrogen (secondary N) is 2. The number of piperidine rings is 1. The molecule has 1 saturated heterocycles. The van der Waals surface area contributed by atoms with Crippen LogP contribution in [0.2, 0.25) is 0 Å². The van der Waals surface area contributed by atoms with Crippen molar-refractivity contribution in [2.24, 2.45) is 10.9 Å². The Balaban J connectivity index is 0.00000312. The van der Waals surface area contributed by atoms with Gasteiger partial charge in [-0.05, 0) is 43.2 Å². The molecule has 1 atom stereocenters. The average molecular weight is 478 g/mol. The highest BCUT2D eigenvalue weighted by molar-refractivity contribution is 14.0. The fraction of sp³-hybridized carbons (Fsp3) is 0.737. The molecule has 0 radical (unpaired) electrons. The Morgan fingerprint density at radius 3 is 2.92 bits per heavy atom. The molecule has 144 valence electrons. The van der Waals surface area contributed by atoms with Crippen LogP contribution in [0.15, 0.2) is 22.5 Å². The molecule has 1 aromatic heterocycles. The zero-order valence-electron chi connectivity index (χ0n) is 15.8. The SMILES string of the molecule is CCCCCCNC(=NC)NCC1CCCN(Cc2cccs2)C1.I. The van der Waals surface area contributed by atoms with Crippen molar-refractivity contribution in [3.05, 3.63) is 22.4 Å². The highest BCUT2D eigenvalue weighted by Crippen LogP contribution is 2.19. The number of hydrogen-bond donors (Lipinski definition) is 2. The zero-order chi connectivity index (χ0) is 17.0. The van der Waals surface area contributed by atoms with Crippen molar-refractivity contribution in [1.29, 1.82) is 0 Å². The van der Waals surface area contributed by atoms with Gasteiger partial charge in [-0.3, -0.25) is 9.89 Å². The van der Waals surface area contributed by atoms with Gasteiger partial charge in [-0.1, -0.05) is 32.3 Å². The maximum atomic E-state index is 4.35. The number of aliphatic imine (C=N–C) groups is 1. The number of likely N-dealkylation sites (tertiary alicyclic amines) is 1. The standard InChI is InChI=1S/C19H34N4S.HI/c1-3-4-5-6-11-21-19(20-2)22-14-17-9-7-12-23(15-17)16-18-10-8-13-24-18;/h8,10,13,17H,3-7,9,11-12,14-16H2,1-2H3,(H2,20,21,22);1H. The van der Waals surface area contributed by atoms with Gasteiger partial charge in [0.1, 0.15) is 0 Å². The fourth-order valence-corrected chi connectivity index (χ4v) is 4.05. The van der Waals surface area contributed by atoms with Crippen molar-refractivity contribution in [2.75, 3.05) is 33.2 Å². The third-order valence-corrected chi connectivity index (χ3v) is 5.53. The summed E-state index contributed by atoms with van der Waals surface area (Å²) in [7, 11) is 1.87. The number of unbranched alkanes of at least 4 members (excludes halogenated alkanes) is 3. The van der Waals surface area contributed by atoms with Crippen molar-refractivity contribution < 1.29 is 0 Å². The van der Waals surface area contributed by atoms with Gasteiger partial charge in [-0.25, -0.2) is 0 Å². The molecule has 1 fully saturated rings. The Morgan fingerprint density at radius 1 is 1.32 bits per heavy atom. The quantitative estimate of drug-likeness (QED) is 0.240. The monoisotopic (exact) mass is 478 g/mol. The van der Waals surface area contributed by atoms with Crippen LogP contribution in [0.25, 0.3) is 0 Å². The molecule has 4 nitrogen and oxygen atoms in total.